The van der Waals surface area contributed by atoms with Crippen LogP contribution in [0.15, 0.2) is 4.99 Å². The highest BCUT2D eigenvalue weighted by Crippen LogP contribution is 2.21. The molecule has 0 saturated heterocycles. The summed E-state index contributed by atoms with van der Waals surface area (Å²) in [6.07, 6.45) is 2.01. The first-order valence-corrected chi connectivity index (χ1v) is 4.69. The van der Waals surface area contributed by atoms with Crippen LogP contribution in [0.4, 0.5) is 5.95 Å². The minimum absolute atomic E-state index is 0.00379. The number of hydrogen-bond acceptors (Lipinski definition) is 4. The van der Waals surface area contributed by atoms with Crippen molar-refractivity contribution >= 4 is 41.8 Å². The molecule has 0 N–H and O–H groups in total. The summed E-state index contributed by atoms with van der Waals surface area (Å²) < 4.78 is 0. The second-order valence-corrected chi connectivity index (χ2v) is 3.56. The molecule has 0 spiro atoms. The molecular weight excluding hydrogens is 239 g/mol. The molecule has 0 unspecified atom stereocenters. The maximum absolute atomic E-state index is 10.5. The summed E-state index contributed by atoms with van der Waals surface area (Å²) in [5, 5.41) is -0.00758. The van der Waals surface area contributed by atoms with Crippen LogP contribution in [0.1, 0.15) is 10.4 Å². The van der Waals surface area contributed by atoms with Gasteiger partial charge < -0.3 is 4.90 Å². The summed E-state index contributed by atoms with van der Waals surface area (Å²) >= 11 is 11.4. The fourth-order valence-electron chi connectivity index (χ4n) is 0.728. The van der Waals surface area contributed by atoms with Gasteiger partial charge in [-0.1, -0.05) is 23.2 Å². The van der Waals surface area contributed by atoms with E-state index in [2.05, 4.69) is 15.0 Å². The van der Waals surface area contributed by atoms with E-state index in [0.717, 1.165) is 0 Å². The van der Waals surface area contributed by atoms with Crippen LogP contribution in [-0.2, 0) is 0 Å². The molecular formula is C8H8Cl2N4O. The van der Waals surface area contributed by atoms with Crippen LogP contribution in [0.3, 0.4) is 0 Å². The van der Waals surface area contributed by atoms with Crippen LogP contribution in [0, 0.1) is 0 Å². The Bertz CT molecular complexity index is 383. The molecule has 1 heterocycles. The predicted octanol–water partition coefficient (Wildman–Crippen LogP) is 1.82. The number of aromatic nitrogens is 2. The Balaban J connectivity index is 3.09. The van der Waals surface area contributed by atoms with Gasteiger partial charge in [0, 0.05) is 14.1 Å². The molecule has 15 heavy (non-hydrogen) atoms. The Hall–Kier alpha value is -1.20. The maximum atomic E-state index is 10.5. The lowest BCUT2D eigenvalue weighted by molar-refractivity contribution is 0.112. The van der Waals surface area contributed by atoms with Crippen LogP contribution in [0.5, 0.6) is 0 Å². The van der Waals surface area contributed by atoms with E-state index in [1.165, 1.54) is 6.34 Å². The molecule has 0 aliphatic heterocycles. The highest BCUT2D eigenvalue weighted by atomic mass is 35.5. The number of carbonyl (C=O) groups is 1. The largest absolute Gasteiger partial charge is 0.369 e. The number of carbonyl (C=O) groups excluding carboxylic acids is 1. The minimum Gasteiger partial charge on any atom is -0.369 e. The summed E-state index contributed by atoms with van der Waals surface area (Å²) in [7, 11) is 3.60. The van der Waals surface area contributed by atoms with Gasteiger partial charge in [0.1, 0.15) is 10.3 Å². The second kappa shape index (κ2) is 5.04. The number of nitrogens with zero attached hydrogens (tertiary/aromatic N) is 4. The van der Waals surface area contributed by atoms with Crippen molar-refractivity contribution < 1.29 is 4.79 Å². The molecule has 0 saturated carbocycles. The van der Waals surface area contributed by atoms with Crippen molar-refractivity contribution in [1.29, 1.82) is 0 Å². The number of aliphatic imine (C=N–C) groups is 1. The van der Waals surface area contributed by atoms with Gasteiger partial charge in [-0.15, -0.1) is 0 Å². The Kier molecular flexibility index (Phi) is 3.99. The third-order valence-electron chi connectivity index (χ3n) is 1.36. The first-order chi connectivity index (χ1) is 7.04. The minimum atomic E-state index is -0.00379. The first kappa shape index (κ1) is 11.9. The molecule has 0 radical (unpaired) electrons. The highest BCUT2D eigenvalue weighted by molar-refractivity contribution is 6.37. The average Bonchev–Trinajstić information content (AvgIpc) is 2.14. The van der Waals surface area contributed by atoms with Crippen LogP contribution in [-0.4, -0.2) is 41.6 Å². The van der Waals surface area contributed by atoms with Crippen LogP contribution in [0.25, 0.3) is 0 Å². The lowest BCUT2D eigenvalue weighted by Crippen LogP contribution is -2.07. The van der Waals surface area contributed by atoms with Gasteiger partial charge in [-0.2, -0.15) is 9.97 Å². The summed E-state index contributed by atoms with van der Waals surface area (Å²) in [5.41, 5.74) is 0.0714. The van der Waals surface area contributed by atoms with Crippen molar-refractivity contribution in [1.82, 2.24) is 14.9 Å². The maximum Gasteiger partial charge on any atom is 0.253 e. The molecule has 1 aromatic rings. The monoisotopic (exact) mass is 246 g/mol. The Morgan fingerprint density at radius 2 is 1.80 bits per heavy atom. The van der Waals surface area contributed by atoms with Crippen LogP contribution >= 0.6 is 23.2 Å². The van der Waals surface area contributed by atoms with Crippen molar-refractivity contribution in [2.75, 3.05) is 14.1 Å². The van der Waals surface area contributed by atoms with Crippen molar-refractivity contribution in [2.45, 2.75) is 0 Å². The quantitative estimate of drug-likeness (QED) is 0.354. The van der Waals surface area contributed by atoms with Gasteiger partial charge in [-0.3, -0.25) is 4.79 Å². The van der Waals surface area contributed by atoms with Crippen molar-refractivity contribution in [2.24, 2.45) is 4.99 Å². The molecule has 0 fully saturated rings. The van der Waals surface area contributed by atoms with Gasteiger partial charge in [0.15, 0.2) is 6.29 Å². The molecule has 0 aromatic carbocycles. The summed E-state index contributed by atoms with van der Waals surface area (Å²) in [4.78, 5) is 23.7. The topological polar surface area (TPSA) is 58.5 Å². The van der Waals surface area contributed by atoms with Crippen molar-refractivity contribution in [3.63, 3.8) is 0 Å². The third kappa shape index (κ3) is 3.14. The van der Waals surface area contributed by atoms with Gasteiger partial charge in [-0.25, -0.2) is 4.99 Å². The van der Waals surface area contributed by atoms with Gasteiger partial charge in [-0.05, 0) is 0 Å². The van der Waals surface area contributed by atoms with E-state index in [-0.39, 0.29) is 21.8 Å². The smallest absolute Gasteiger partial charge is 0.253 e. The summed E-state index contributed by atoms with van der Waals surface area (Å²) in [6.45, 7) is 0. The van der Waals surface area contributed by atoms with E-state index in [9.17, 15) is 4.79 Å². The van der Waals surface area contributed by atoms with E-state index >= 15 is 0 Å². The van der Waals surface area contributed by atoms with Crippen molar-refractivity contribution in [3.05, 3.63) is 15.9 Å². The molecule has 7 heteroatoms. The molecule has 5 nitrogen and oxygen atoms in total. The van der Waals surface area contributed by atoms with E-state index in [4.69, 9.17) is 23.2 Å². The van der Waals surface area contributed by atoms with E-state index in [1.54, 1.807) is 19.0 Å². The molecule has 0 bridgehead atoms. The van der Waals surface area contributed by atoms with Gasteiger partial charge in [0.25, 0.3) is 5.95 Å². The number of aldehydes is 1. The first-order valence-electron chi connectivity index (χ1n) is 3.93. The van der Waals surface area contributed by atoms with Gasteiger partial charge >= 0.3 is 0 Å². The zero-order valence-corrected chi connectivity index (χ0v) is 9.62. The lowest BCUT2D eigenvalue weighted by atomic mass is 10.4. The van der Waals surface area contributed by atoms with Gasteiger partial charge in [0.2, 0.25) is 0 Å². The van der Waals surface area contributed by atoms with E-state index in [0.29, 0.717) is 6.29 Å². The van der Waals surface area contributed by atoms with Crippen LogP contribution < -0.4 is 0 Å². The Labute approximate surface area is 96.8 Å². The standard InChI is InChI=1S/C8H8Cl2N4O/c1-14(2)4-11-8-12-6(9)5(3-15)7(10)13-8/h3-4H,1-2H3/b11-4-. The Morgan fingerprint density at radius 3 is 2.20 bits per heavy atom. The molecule has 0 atom stereocenters. The van der Waals surface area contributed by atoms with Crippen molar-refractivity contribution in [3.8, 4) is 0 Å². The van der Waals surface area contributed by atoms with Crippen LogP contribution in [0.2, 0.25) is 10.3 Å². The SMILES string of the molecule is CN(C)/C=N\c1nc(Cl)c(C=O)c(Cl)n1. The average molecular weight is 247 g/mol. The summed E-state index contributed by atoms with van der Waals surface area (Å²) in [5.74, 6) is 0.115. The zero-order valence-electron chi connectivity index (χ0n) is 8.11. The molecule has 80 valence electrons. The van der Waals surface area contributed by atoms with E-state index < -0.39 is 0 Å². The third-order valence-corrected chi connectivity index (χ3v) is 1.94. The van der Waals surface area contributed by atoms with E-state index in [1.807, 2.05) is 0 Å². The Morgan fingerprint density at radius 1 is 1.27 bits per heavy atom. The fourth-order valence-corrected chi connectivity index (χ4v) is 1.20. The fraction of sp³-hybridized carbons (Fsp3) is 0.250. The predicted molar refractivity (Wildman–Crippen MR) is 59.3 cm³/mol. The highest BCUT2D eigenvalue weighted by Gasteiger charge is 2.09. The lowest BCUT2D eigenvalue weighted by Gasteiger charge is -2.02. The molecule has 0 aliphatic rings. The normalized spacial score (nSPS) is 10.7. The molecule has 0 aliphatic carbocycles. The van der Waals surface area contributed by atoms with Gasteiger partial charge in [0.05, 0.1) is 11.9 Å². The number of halogens is 2. The summed E-state index contributed by atoms with van der Waals surface area (Å²) in [6, 6.07) is 0. The molecule has 1 rings (SSSR count). The zero-order chi connectivity index (χ0) is 11.4. The molecule has 0 amide bonds. The molecule has 1 aromatic heterocycles. The number of rotatable bonds is 3. The number of hydrogen-bond donors (Lipinski definition) is 0. The second-order valence-electron chi connectivity index (χ2n) is 2.84.